The first-order chi connectivity index (χ1) is 10.0. The van der Waals surface area contributed by atoms with Crippen LogP contribution >= 0.6 is 0 Å². The molecule has 1 heterocycles. The summed E-state index contributed by atoms with van der Waals surface area (Å²) < 4.78 is 62.3. The first-order valence-corrected chi connectivity index (χ1v) is 9.62. The maximum Gasteiger partial charge on any atom is 0.408 e. The number of hydrogen-bond acceptors (Lipinski definition) is 3. The van der Waals surface area contributed by atoms with Crippen LogP contribution in [0.3, 0.4) is 0 Å². The maximum atomic E-state index is 13.2. The molecule has 1 unspecified atom stereocenters. The Morgan fingerprint density at radius 3 is 2.36 bits per heavy atom. The minimum atomic E-state index is -4.42. The molecule has 0 radical (unpaired) electrons. The summed E-state index contributed by atoms with van der Waals surface area (Å²) in [5.74, 6) is -0.665. The standard InChI is InChI=1S/C14H22F3NO3S/c1-22(20,21)10-13(6-7-13)9-12(19)18-8-4-2-3-5-11(18)14(15,16)17/h11H,2-10H2,1H3. The van der Waals surface area contributed by atoms with E-state index in [1.54, 1.807) is 0 Å². The van der Waals surface area contributed by atoms with Crippen LogP contribution in [0, 0.1) is 5.41 Å². The zero-order valence-corrected chi connectivity index (χ0v) is 13.5. The van der Waals surface area contributed by atoms with Gasteiger partial charge < -0.3 is 4.90 Å². The van der Waals surface area contributed by atoms with Gasteiger partial charge in [-0.25, -0.2) is 8.42 Å². The van der Waals surface area contributed by atoms with Crippen molar-refractivity contribution in [2.24, 2.45) is 5.41 Å². The van der Waals surface area contributed by atoms with E-state index >= 15 is 0 Å². The fourth-order valence-corrected chi connectivity index (χ4v) is 4.78. The highest BCUT2D eigenvalue weighted by Gasteiger charge is 2.50. The Kier molecular flexibility index (Phi) is 4.80. The molecule has 1 amide bonds. The van der Waals surface area contributed by atoms with Gasteiger partial charge in [-0.05, 0) is 31.1 Å². The van der Waals surface area contributed by atoms with Gasteiger partial charge >= 0.3 is 6.18 Å². The second-order valence-electron chi connectivity index (χ2n) is 6.74. The van der Waals surface area contributed by atoms with Gasteiger partial charge in [0, 0.05) is 19.2 Å². The molecular weight excluding hydrogens is 319 g/mol. The topological polar surface area (TPSA) is 54.5 Å². The summed E-state index contributed by atoms with van der Waals surface area (Å²) in [7, 11) is -3.24. The van der Waals surface area contributed by atoms with Gasteiger partial charge in [-0.1, -0.05) is 12.8 Å². The molecule has 2 rings (SSSR count). The van der Waals surface area contributed by atoms with E-state index in [1.807, 2.05) is 0 Å². The van der Waals surface area contributed by atoms with Gasteiger partial charge in [0.2, 0.25) is 5.91 Å². The van der Waals surface area contributed by atoms with E-state index in [0.717, 1.165) is 11.2 Å². The molecule has 0 aromatic heterocycles. The van der Waals surface area contributed by atoms with Crippen molar-refractivity contribution in [2.45, 2.75) is 57.2 Å². The number of carbonyl (C=O) groups is 1. The molecule has 1 saturated heterocycles. The molecule has 1 atom stereocenters. The molecule has 1 saturated carbocycles. The monoisotopic (exact) mass is 341 g/mol. The third-order valence-corrected chi connectivity index (χ3v) is 5.64. The molecular formula is C14H22F3NO3S. The molecule has 8 heteroatoms. The fraction of sp³-hybridized carbons (Fsp3) is 0.929. The Balaban J connectivity index is 2.09. The molecule has 4 nitrogen and oxygen atoms in total. The summed E-state index contributed by atoms with van der Waals surface area (Å²) in [6.45, 7) is 0.109. The van der Waals surface area contributed by atoms with Crippen LogP contribution in [0.15, 0.2) is 0 Å². The highest BCUT2D eigenvalue weighted by Crippen LogP contribution is 2.50. The Labute approximate surface area is 129 Å². The van der Waals surface area contributed by atoms with E-state index < -0.39 is 33.4 Å². The third-order valence-electron chi connectivity index (χ3n) is 4.50. The lowest BCUT2D eigenvalue weighted by atomic mass is 10.0. The minimum absolute atomic E-state index is 0.0612. The van der Waals surface area contributed by atoms with E-state index in [9.17, 15) is 26.4 Å². The average molecular weight is 341 g/mol. The zero-order valence-electron chi connectivity index (χ0n) is 12.7. The zero-order chi connectivity index (χ0) is 16.6. The SMILES string of the molecule is CS(=O)(=O)CC1(CC(=O)N2CCCCCC2C(F)(F)F)CC1. The van der Waals surface area contributed by atoms with Crippen molar-refractivity contribution in [3.05, 3.63) is 0 Å². The number of halogens is 3. The van der Waals surface area contributed by atoms with Crippen molar-refractivity contribution < 1.29 is 26.4 Å². The van der Waals surface area contributed by atoms with Crippen LogP contribution in [0.1, 0.15) is 44.9 Å². The Hall–Kier alpha value is -0.790. The van der Waals surface area contributed by atoms with Crippen molar-refractivity contribution in [2.75, 3.05) is 18.6 Å². The number of likely N-dealkylation sites (tertiary alicyclic amines) is 1. The molecule has 2 aliphatic rings. The van der Waals surface area contributed by atoms with E-state index in [-0.39, 0.29) is 25.1 Å². The summed E-state index contributed by atoms with van der Waals surface area (Å²) in [5.41, 5.74) is -0.632. The summed E-state index contributed by atoms with van der Waals surface area (Å²) in [6.07, 6.45) is -0.576. The predicted molar refractivity (Wildman–Crippen MR) is 76.0 cm³/mol. The van der Waals surface area contributed by atoms with Crippen LogP contribution in [-0.2, 0) is 14.6 Å². The molecule has 0 spiro atoms. The normalized spacial score (nSPS) is 25.6. The number of nitrogens with zero attached hydrogens (tertiary/aromatic N) is 1. The van der Waals surface area contributed by atoms with E-state index in [2.05, 4.69) is 0 Å². The van der Waals surface area contributed by atoms with Crippen LogP contribution in [-0.4, -0.2) is 50.0 Å². The van der Waals surface area contributed by atoms with E-state index in [4.69, 9.17) is 0 Å². The number of amides is 1. The van der Waals surface area contributed by atoms with Crippen molar-refractivity contribution in [3.63, 3.8) is 0 Å². The largest absolute Gasteiger partial charge is 0.408 e. The summed E-state index contributed by atoms with van der Waals surface area (Å²) in [6, 6.07) is -1.73. The highest BCUT2D eigenvalue weighted by molar-refractivity contribution is 7.90. The van der Waals surface area contributed by atoms with Crippen molar-refractivity contribution in [3.8, 4) is 0 Å². The number of rotatable bonds is 4. The van der Waals surface area contributed by atoms with E-state index in [0.29, 0.717) is 32.1 Å². The van der Waals surface area contributed by atoms with Crippen molar-refractivity contribution >= 4 is 15.7 Å². The van der Waals surface area contributed by atoms with Gasteiger partial charge in [0.25, 0.3) is 0 Å². The third kappa shape index (κ3) is 4.60. The first kappa shape index (κ1) is 17.6. The van der Waals surface area contributed by atoms with Gasteiger partial charge in [0.15, 0.2) is 0 Å². The van der Waals surface area contributed by atoms with Crippen molar-refractivity contribution in [1.82, 2.24) is 4.90 Å². The van der Waals surface area contributed by atoms with Crippen LogP contribution < -0.4 is 0 Å². The van der Waals surface area contributed by atoms with Gasteiger partial charge in [0.1, 0.15) is 15.9 Å². The molecule has 128 valence electrons. The summed E-state index contributed by atoms with van der Waals surface area (Å²) in [5, 5.41) is 0. The van der Waals surface area contributed by atoms with Gasteiger partial charge in [0.05, 0.1) is 5.75 Å². The molecule has 2 fully saturated rings. The molecule has 0 aromatic rings. The molecule has 22 heavy (non-hydrogen) atoms. The first-order valence-electron chi connectivity index (χ1n) is 7.56. The molecule has 0 aromatic carbocycles. The number of hydrogen-bond donors (Lipinski definition) is 0. The Bertz CT molecular complexity index is 526. The van der Waals surface area contributed by atoms with Gasteiger partial charge in [-0.15, -0.1) is 0 Å². The lowest BCUT2D eigenvalue weighted by Gasteiger charge is -2.32. The predicted octanol–water partition coefficient (Wildman–Crippen LogP) is 2.53. The molecule has 1 aliphatic heterocycles. The fourth-order valence-electron chi connectivity index (χ4n) is 3.27. The van der Waals surface area contributed by atoms with Crippen molar-refractivity contribution in [1.29, 1.82) is 0 Å². The minimum Gasteiger partial charge on any atom is -0.331 e. The Morgan fingerprint density at radius 1 is 1.23 bits per heavy atom. The van der Waals surface area contributed by atoms with Crippen LogP contribution in [0.5, 0.6) is 0 Å². The number of carbonyl (C=O) groups excluding carboxylic acids is 1. The molecule has 0 N–H and O–H groups in total. The number of sulfone groups is 1. The Morgan fingerprint density at radius 2 is 1.86 bits per heavy atom. The molecule has 0 bridgehead atoms. The van der Waals surface area contributed by atoms with Gasteiger partial charge in [-0.3, -0.25) is 4.79 Å². The van der Waals surface area contributed by atoms with Crippen LogP contribution in [0.2, 0.25) is 0 Å². The lowest BCUT2D eigenvalue weighted by Crippen LogP contribution is -2.49. The van der Waals surface area contributed by atoms with Gasteiger partial charge in [-0.2, -0.15) is 13.2 Å². The summed E-state index contributed by atoms with van der Waals surface area (Å²) in [4.78, 5) is 13.3. The van der Waals surface area contributed by atoms with Crippen LogP contribution in [0.4, 0.5) is 13.2 Å². The second-order valence-corrected chi connectivity index (χ2v) is 8.88. The average Bonchev–Trinajstić information content (AvgIpc) is 3.08. The molecule has 1 aliphatic carbocycles. The summed E-state index contributed by atoms with van der Waals surface area (Å²) >= 11 is 0. The van der Waals surface area contributed by atoms with E-state index in [1.165, 1.54) is 0 Å². The maximum absolute atomic E-state index is 13.2. The number of alkyl halides is 3. The second kappa shape index (κ2) is 6.02. The highest BCUT2D eigenvalue weighted by atomic mass is 32.2. The quantitative estimate of drug-likeness (QED) is 0.790. The lowest BCUT2D eigenvalue weighted by molar-refractivity contribution is -0.190. The van der Waals surface area contributed by atoms with Crippen LogP contribution in [0.25, 0.3) is 0 Å². The smallest absolute Gasteiger partial charge is 0.331 e.